The summed E-state index contributed by atoms with van der Waals surface area (Å²) in [5.41, 5.74) is 1.05. The first-order chi connectivity index (χ1) is 17.9. The Hall–Kier alpha value is -2.97. The largest absolute Gasteiger partial charge is 0.493 e. The van der Waals surface area contributed by atoms with E-state index in [4.69, 9.17) is 9.47 Å². The van der Waals surface area contributed by atoms with Crippen molar-refractivity contribution < 1.29 is 19.1 Å². The summed E-state index contributed by atoms with van der Waals surface area (Å²) < 4.78 is 10.8. The second-order valence-corrected chi connectivity index (χ2v) is 11.2. The second-order valence-electron chi connectivity index (χ2n) is 9.10. The fourth-order valence-electron chi connectivity index (χ4n) is 3.89. The standard InChI is InChI=1S/C29H36N2O4S2/c1-22(2)18-31(29(33)21-37-24-9-6-5-7-10-24)20-28(32)30(19-25-11-8-16-36-25)15-14-23-12-13-26(34-3)27(17-23)35-4/h5-13,16-17,22H,14-15,18-21H2,1-4H3. The van der Waals surface area contributed by atoms with E-state index in [1.807, 2.05) is 70.9 Å². The van der Waals surface area contributed by atoms with Gasteiger partial charge in [0.2, 0.25) is 11.8 Å². The molecule has 3 aromatic rings. The lowest BCUT2D eigenvalue weighted by molar-refractivity contribution is -0.139. The van der Waals surface area contributed by atoms with Crippen LogP contribution in [0.4, 0.5) is 0 Å². The smallest absolute Gasteiger partial charge is 0.242 e. The predicted molar refractivity (Wildman–Crippen MR) is 152 cm³/mol. The normalized spacial score (nSPS) is 10.8. The molecule has 8 heteroatoms. The van der Waals surface area contributed by atoms with Crippen LogP contribution in [0.15, 0.2) is 70.9 Å². The first-order valence-corrected chi connectivity index (χ1v) is 14.2. The molecule has 6 nitrogen and oxygen atoms in total. The molecule has 1 heterocycles. The van der Waals surface area contributed by atoms with Crippen molar-refractivity contribution in [2.75, 3.05) is 39.6 Å². The van der Waals surface area contributed by atoms with Crippen LogP contribution in [0, 0.1) is 5.92 Å². The SMILES string of the molecule is COc1ccc(CCN(Cc2cccs2)C(=O)CN(CC(C)C)C(=O)CSc2ccccc2)cc1OC. The van der Waals surface area contributed by atoms with Gasteiger partial charge in [-0.25, -0.2) is 0 Å². The van der Waals surface area contributed by atoms with Gasteiger partial charge < -0.3 is 19.3 Å². The van der Waals surface area contributed by atoms with Gasteiger partial charge in [-0.3, -0.25) is 9.59 Å². The third-order valence-electron chi connectivity index (χ3n) is 5.77. The van der Waals surface area contributed by atoms with Crippen LogP contribution in [-0.4, -0.2) is 61.2 Å². The number of thioether (sulfide) groups is 1. The molecule has 0 aliphatic rings. The van der Waals surface area contributed by atoms with Gasteiger partial charge in [0.15, 0.2) is 11.5 Å². The zero-order valence-corrected chi connectivity index (χ0v) is 23.6. The molecule has 2 aromatic carbocycles. The average molecular weight is 541 g/mol. The fraction of sp³-hybridized carbons (Fsp3) is 0.379. The molecule has 0 spiro atoms. The quantitative estimate of drug-likeness (QED) is 0.249. The summed E-state index contributed by atoms with van der Waals surface area (Å²) in [6.07, 6.45) is 0.666. The van der Waals surface area contributed by atoms with Crippen LogP contribution in [0.2, 0.25) is 0 Å². The van der Waals surface area contributed by atoms with Crippen LogP contribution in [0.5, 0.6) is 11.5 Å². The number of methoxy groups -OCH3 is 2. The molecule has 0 atom stereocenters. The van der Waals surface area contributed by atoms with Gasteiger partial charge >= 0.3 is 0 Å². The van der Waals surface area contributed by atoms with E-state index in [1.54, 1.807) is 30.5 Å². The Morgan fingerprint density at radius 1 is 0.919 bits per heavy atom. The number of thiophene rings is 1. The van der Waals surface area contributed by atoms with Gasteiger partial charge in [-0.15, -0.1) is 23.1 Å². The van der Waals surface area contributed by atoms with Gasteiger partial charge in [0.05, 0.1) is 33.1 Å². The van der Waals surface area contributed by atoms with Gasteiger partial charge in [-0.2, -0.15) is 0 Å². The predicted octanol–water partition coefficient (Wildman–Crippen LogP) is 5.61. The minimum absolute atomic E-state index is 0.0214. The van der Waals surface area contributed by atoms with Crippen LogP contribution >= 0.6 is 23.1 Å². The Labute approximate surface area is 228 Å². The maximum atomic E-state index is 13.6. The number of hydrogen-bond donors (Lipinski definition) is 0. The van der Waals surface area contributed by atoms with Crippen molar-refractivity contribution in [3.05, 3.63) is 76.5 Å². The van der Waals surface area contributed by atoms with E-state index in [9.17, 15) is 9.59 Å². The Kier molecular flexibility index (Phi) is 11.4. The van der Waals surface area contributed by atoms with Gasteiger partial charge in [-0.05, 0) is 53.6 Å². The van der Waals surface area contributed by atoms with E-state index < -0.39 is 0 Å². The Morgan fingerprint density at radius 2 is 1.68 bits per heavy atom. The Bertz CT molecular complexity index is 1120. The zero-order valence-electron chi connectivity index (χ0n) is 22.0. The molecule has 0 bridgehead atoms. The van der Waals surface area contributed by atoms with Gasteiger partial charge in [0, 0.05) is 22.9 Å². The van der Waals surface area contributed by atoms with Crippen LogP contribution in [0.25, 0.3) is 0 Å². The van der Waals surface area contributed by atoms with E-state index in [0.717, 1.165) is 15.3 Å². The number of ether oxygens (including phenoxy) is 2. The third-order valence-corrected chi connectivity index (χ3v) is 7.63. The summed E-state index contributed by atoms with van der Waals surface area (Å²) >= 11 is 3.13. The van der Waals surface area contributed by atoms with Crippen molar-refractivity contribution in [1.82, 2.24) is 9.80 Å². The summed E-state index contributed by atoms with van der Waals surface area (Å²) in [6, 6.07) is 19.7. The van der Waals surface area contributed by atoms with Gasteiger partial charge in [0.25, 0.3) is 0 Å². The summed E-state index contributed by atoms with van der Waals surface area (Å²) in [7, 11) is 3.23. The summed E-state index contributed by atoms with van der Waals surface area (Å²) in [6.45, 7) is 5.80. The number of rotatable bonds is 14. The van der Waals surface area contributed by atoms with Crippen molar-refractivity contribution in [3.8, 4) is 11.5 Å². The molecule has 0 radical (unpaired) electrons. The molecule has 2 amide bonds. The molecule has 0 aliphatic carbocycles. The Balaban J connectivity index is 1.70. The van der Waals surface area contributed by atoms with Crippen molar-refractivity contribution in [1.29, 1.82) is 0 Å². The molecule has 0 unspecified atom stereocenters. The van der Waals surface area contributed by atoms with Crippen LogP contribution in [0.3, 0.4) is 0 Å². The minimum atomic E-state index is -0.0485. The highest BCUT2D eigenvalue weighted by Crippen LogP contribution is 2.28. The number of carbonyl (C=O) groups excluding carboxylic acids is 2. The van der Waals surface area contributed by atoms with Crippen molar-refractivity contribution in [2.24, 2.45) is 5.92 Å². The highest BCUT2D eigenvalue weighted by Gasteiger charge is 2.23. The molecule has 0 fully saturated rings. The van der Waals surface area contributed by atoms with E-state index in [0.29, 0.717) is 43.3 Å². The summed E-state index contributed by atoms with van der Waals surface area (Å²) in [5.74, 6) is 1.84. The molecular formula is C29H36N2O4S2. The number of carbonyl (C=O) groups is 2. The van der Waals surface area contributed by atoms with Crippen LogP contribution in [-0.2, 0) is 22.6 Å². The van der Waals surface area contributed by atoms with E-state index in [2.05, 4.69) is 13.8 Å². The van der Waals surface area contributed by atoms with Crippen molar-refractivity contribution >= 4 is 34.9 Å². The number of amides is 2. The van der Waals surface area contributed by atoms with Crippen LogP contribution in [0.1, 0.15) is 24.3 Å². The molecule has 0 saturated heterocycles. The molecular weight excluding hydrogens is 504 g/mol. The van der Waals surface area contributed by atoms with E-state index >= 15 is 0 Å². The zero-order chi connectivity index (χ0) is 26.6. The minimum Gasteiger partial charge on any atom is -0.493 e. The first kappa shape index (κ1) is 28.6. The molecule has 198 valence electrons. The molecule has 0 aliphatic heterocycles. The van der Waals surface area contributed by atoms with E-state index in [1.165, 1.54) is 11.8 Å². The molecule has 1 aromatic heterocycles. The average Bonchev–Trinajstić information content (AvgIpc) is 3.42. The first-order valence-electron chi connectivity index (χ1n) is 12.4. The topological polar surface area (TPSA) is 59.1 Å². The molecule has 3 rings (SSSR count). The molecule has 37 heavy (non-hydrogen) atoms. The monoisotopic (exact) mass is 540 g/mol. The lowest BCUT2D eigenvalue weighted by Gasteiger charge is -2.28. The second kappa shape index (κ2) is 14.7. The highest BCUT2D eigenvalue weighted by molar-refractivity contribution is 8.00. The highest BCUT2D eigenvalue weighted by atomic mass is 32.2. The number of nitrogens with zero attached hydrogens (tertiary/aromatic N) is 2. The number of benzene rings is 2. The van der Waals surface area contributed by atoms with Gasteiger partial charge in [-0.1, -0.05) is 44.2 Å². The Morgan fingerprint density at radius 3 is 2.32 bits per heavy atom. The van der Waals surface area contributed by atoms with Crippen molar-refractivity contribution in [2.45, 2.75) is 31.7 Å². The van der Waals surface area contributed by atoms with E-state index in [-0.39, 0.29) is 24.3 Å². The van der Waals surface area contributed by atoms with Gasteiger partial charge in [0.1, 0.15) is 0 Å². The maximum Gasteiger partial charge on any atom is 0.242 e. The molecule has 0 N–H and O–H groups in total. The lowest BCUT2D eigenvalue weighted by atomic mass is 10.1. The summed E-state index contributed by atoms with van der Waals surface area (Å²) in [5, 5.41) is 2.02. The summed E-state index contributed by atoms with van der Waals surface area (Å²) in [4.78, 5) is 32.4. The third kappa shape index (κ3) is 9.13. The number of hydrogen-bond acceptors (Lipinski definition) is 6. The fourth-order valence-corrected chi connectivity index (χ4v) is 5.44. The van der Waals surface area contributed by atoms with Crippen molar-refractivity contribution in [3.63, 3.8) is 0 Å². The van der Waals surface area contributed by atoms with Crippen LogP contribution < -0.4 is 9.47 Å². The maximum absolute atomic E-state index is 13.6. The molecule has 0 saturated carbocycles. The lowest BCUT2D eigenvalue weighted by Crippen LogP contribution is -2.45.